The van der Waals surface area contributed by atoms with Gasteiger partial charge in [-0.3, -0.25) is 9.59 Å². The first-order chi connectivity index (χ1) is 22.1. The van der Waals surface area contributed by atoms with E-state index in [-0.39, 0.29) is 18.4 Å². The molecule has 1 aliphatic rings. The van der Waals surface area contributed by atoms with Crippen LogP contribution in [-0.2, 0) is 12.8 Å². The third kappa shape index (κ3) is 9.94. The van der Waals surface area contributed by atoms with Crippen LogP contribution in [0.15, 0.2) is 60.7 Å². The maximum atomic E-state index is 14.1. The van der Waals surface area contributed by atoms with Crippen molar-refractivity contribution in [2.24, 2.45) is 5.92 Å². The van der Waals surface area contributed by atoms with E-state index in [9.17, 15) is 23.5 Å². The van der Waals surface area contributed by atoms with Gasteiger partial charge in [-0.1, -0.05) is 43.7 Å². The number of nitrogens with one attached hydrogen (secondary N) is 2. The van der Waals surface area contributed by atoms with Crippen molar-refractivity contribution < 1.29 is 23.5 Å². The summed E-state index contributed by atoms with van der Waals surface area (Å²) in [4.78, 5) is 28.8. The number of hydrogen-bond donors (Lipinski definition) is 3. The van der Waals surface area contributed by atoms with Gasteiger partial charge in [0, 0.05) is 36.3 Å². The number of aliphatic hydroxyl groups excluding tert-OH is 1. The van der Waals surface area contributed by atoms with Gasteiger partial charge in [0.1, 0.15) is 11.6 Å². The highest BCUT2D eigenvalue weighted by Gasteiger charge is 2.33. The molecule has 0 bridgehead atoms. The molecule has 248 valence electrons. The van der Waals surface area contributed by atoms with E-state index in [1.54, 1.807) is 23.1 Å². The van der Waals surface area contributed by atoms with E-state index < -0.39 is 29.7 Å². The number of benzene rings is 3. The zero-order valence-corrected chi connectivity index (χ0v) is 27.6. The van der Waals surface area contributed by atoms with Crippen LogP contribution in [0.3, 0.4) is 0 Å². The van der Waals surface area contributed by atoms with Crippen LogP contribution in [0.25, 0.3) is 0 Å². The first-order valence-corrected chi connectivity index (χ1v) is 16.7. The molecule has 46 heavy (non-hydrogen) atoms. The second-order valence-corrected chi connectivity index (χ2v) is 12.9. The van der Waals surface area contributed by atoms with Gasteiger partial charge < -0.3 is 20.6 Å². The van der Waals surface area contributed by atoms with Crippen LogP contribution < -0.4 is 10.6 Å². The number of aryl methyl sites for hydroxylation is 3. The Morgan fingerprint density at radius 2 is 1.61 bits per heavy atom. The van der Waals surface area contributed by atoms with Gasteiger partial charge >= 0.3 is 0 Å². The molecule has 8 heteroatoms. The molecule has 4 atom stereocenters. The third-order valence-electron chi connectivity index (χ3n) is 8.86. The summed E-state index contributed by atoms with van der Waals surface area (Å²) in [6.45, 7) is 9.96. The number of carbonyl (C=O) groups is 2. The maximum absolute atomic E-state index is 14.1. The molecule has 3 N–H and O–H groups in total. The Kier molecular flexibility index (Phi) is 12.9. The maximum Gasteiger partial charge on any atom is 0.253 e. The monoisotopic (exact) mass is 633 g/mol. The van der Waals surface area contributed by atoms with Crippen molar-refractivity contribution in [2.45, 2.75) is 90.8 Å². The van der Waals surface area contributed by atoms with E-state index in [1.807, 2.05) is 20.8 Å². The highest BCUT2D eigenvalue weighted by Crippen LogP contribution is 2.24. The Labute approximate surface area is 272 Å². The molecule has 2 amide bonds. The number of piperidine rings is 1. The Morgan fingerprint density at radius 1 is 0.913 bits per heavy atom. The SMILES string of the molecule is CCCN(CCC)C(=O)c1cc(C)cc(C(=O)N[C@@H](Cc2cc(F)cc(F)c2)[C@H](O)C2CCC(CCc3cccc(C)c3)CN2)c1. The van der Waals surface area contributed by atoms with Crippen molar-refractivity contribution >= 4 is 11.8 Å². The van der Waals surface area contributed by atoms with E-state index in [0.29, 0.717) is 42.1 Å². The fraction of sp³-hybridized carbons (Fsp3) is 0.474. The van der Waals surface area contributed by atoms with Gasteiger partial charge in [0.2, 0.25) is 0 Å². The standard InChI is InChI=1S/C38H49F2N3O3/c1-5-14-43(15-6-2)38(46)31-18-26(4)17-30(22-31)37(45)42-35(21-29-19-32(39)23-33(40)20-29)36(44)34-13-12-28(24-41-34)11-10-27-9-7-8-25(3)16-27/h7-9,16-20,22-23,28,34-36,41,44H,5-6,10-15,21,24H2,1-4H3,(H,42,45)/t28?,34?,35-,36+/m0/s1. The molecule has 3 aromatic rings. The van der Waals surface area contributed by atoms with E-state index in [4.69, 9.17) is 0 Å². The van der Waals surface area contributed by atoms with Gasteiger partial charge in [-0.15, -0.1) is 0 Å². The summed E-state index contributed by atoms with van der Waals surface area (Å²) >= 11 is 0. The second kappa shape index (κ2) is 16.8. The summed E-state index contributed by atoms with van der Waals surface area (Å²) in [6, 6.07) is 15.7. The lowest BCUT2D eigenvalue weighted by Crippen LogP contribution is -2.56. The fourth-order valence-electron chi connectivity index (χ4n) is 6.56. The Morgan fingerprint density at radius 3 is 2.24 bits per heavy atom. The molecule has 0 spiro atoms. The molecule has 1 heterocycles. The summed E-state index contributed by atoms with van der Waals surface area (Å²) in [5.74, 6) is -1.56. The zero-order valence-electron chi connectivity index (χ0n) is 27.6. The molecule has 1 aliphatic heterocycles. The topological polar surface area (TPSA) is 81.7 Å². The van der Waals surface area contributed by atoms with Crippen LogP contribution in [0.4, 0.5) is 8.78 Å². The minimum absolute atomic E-state index is 0.0366. The first kappa shape index (κ1) is 35.2. The summed E-state index contributed by atoms with van der Waals surface area (Å²) in [5.41, 5.74) is 4.39. The van der Waals surface area contributed by atoms with E-state index in [0.717, 1.165) is 50.3 Å². The highest BCUT2D eigenvalue weighted by atomic mass is 19.1. The number of rotatable bonds is 14. The van der Waals surface area contributed by atoms with Crippen molar-refractivity contribution in [2.75, 3.05) is 19.6 Å². The van der Waals surface area contributed by atoms with E-state index in [2.05, 4.69) is 41.8 Å². The van der Waals surface area contributed by atoms with Crippen LogP contribution in [0.2, 0.25) is 0 Å². The lowest BCUT2D eigenvalue weighted by molar-refractivity contribution is 0.0595. The molecule has 0 aliphatic carbocycles. The summed E-state index contributed by atoms with van der Waals surface area (Å²) in [5, 5.41) is 18.1. The number of carbonyl (C=O) groups excluding carboxylic acids is 2. The predicted octanol–water partition coefficient (Wildman–Crippen LogP) is 6.55. The number of aliphatic hydroxyl groups is 1. The summed E-state index contributed by atoms with van der Waals surface area (Å²) < 4.78 is 28.2. The van der Waals surface area contributed by atoms with Crippen LogP contribution in [0.5, 0.6) is 0 Å². The average molecular weight is 634 g/mol. The minimum Gasteiger partial charge on any atom is -0.389 e. The fourth-order valence-corrected chi connectivity index (χ4v) is 6.56. The number of halogens is 2. The van der Waals surface area contributed by atoms with Crippen molar-refractivity contribution in [3.05, 3.63) is 106 Å². The van der Waals surface area contributed by atoms with Crippen molar-refractivity contribution in [3.63, 3.8) is 0 Å². The molecule has 4 rings (SSSR count). The van der Waals surface area contributed by atoms with Crippen LogP contribution in [0, 0.1) is 31.4 Å². The molecule has 0 radical (unpaired) electrons. The predicted molar refractivity (Wildman–Crippen MR) is 179 cm³/mol. The van der Waals surface area contributed by atoms with Crippen molar-refractivity contribution in [3.8, 4) is 0 Å². The molecular formula is C38H49F2N3O3. The molecular weight excluding hydrogens is 584 g/mol. The lowest BCUT2D eigenvalue weighted by Gasteiger charge is -2.36. The van der Waals surface area contributed by atoms with Crippen LogP contribution in [0.1, 0.15) is 88.9 Å². The Hall–Kier alpha value is -3.62. The average Bonchev–Trinajstić information content (AvgIpc) is 3.02. The van der Waals surface area contributed by atoms with Crippen molar-refractivity contribution in [1.29, 1.82) is 0 Å². The molecule has 1 saturated heterocycles. The largest absolute Gasteiger partial charge is 0.389 e. The van der Waals surface area contributed by atoms with Crippen LogP contribution >= 0.6 is 0 Å². The molecule has 6 nitrogen and oxygen atoms in total. The van der Waals surface area contributed by atoms with E-state index >= 15 is 0 Å². The molecule has 0 aromatic heterocycles. The van der Waals surface area contributed by atoms with Gasteiger partial charge in [-0.05, 0) is 118 Å². The van der Waals surface area contributed by atoms with Gasteiger partial charge in [-0.25, -0.2) is 8.78 Å². The molecule has 1 fully saturated rings. The van der Waals surface area contributed by atoms with Gasteiger partial charge in [-0.2, -0.15) is 0 Å². The Bertz CT molecular complexity index is 1450. The third-order valence-corrected chi connectivity index (χ3v) is 8.86. The van der Waals surface area contributed by atoms with Gasteiger partial charge in [0.25, 0.3) is 11.8 Å². The first-order valence-electron chi connectivity index (χ1n) is 16.7. The number of nitrogens with zero attached hydrogens (tertiary/aromatic N) is 1. The van der Waals surface area contributed by atoms with Crippen molar-refractivity contribution in [1.82, 2.24) is 15.5 Å². The highest BCUT2D eigenvalue weighted by molar-refractivity contribution is 6.00. The van der Waals surface area contributed by atoms with E-state index in [1.165, 1.54) is 23.3 Å². The Balaban J connectivity index is 1.49. The number of amides is 2. The summed E-state index contributed by atoms with van der Waals surface area (Å²) in [6.07, 6.45) is 4.33. The smallest absolute Gasteiger partial charge is 0.253 e. The molecule has 0 saturated carbocycles. The molecule has 3 aromatic carbocycles. The molecule has 2 unspecified atom stereocenters. The second-order valence-electron chi connectivity index (χ2n) is 12.9. The minimum atomic E-state index is -1.01. The zero-order chi connectivity index (χ0) is 33.2. The summed E-state index contributed by atoms with van der Waals surface area (Å²) in [7, 11) is 0. The van der Waals surface area contributed by atoms with Gasteiger partial charge in [0.05, 0.1) is 12.1 Å². The van der Waals surface area contributed by atoms with Gasteiger partial charge in [0.15, 0.2) is 0 Å². The van der Waals surface area contributed by atoms with Crippen LogP contribution in [-0.4, -0.2) is 59.6 Å². The number of hydrogen-bond acceptors (Lipinski definition) is 4. The lowest BCUT2D eigenvalue weighted by atomic mass is 9.85. The quantitative estimate of drug-likeness (QED) is 0.188. The normalized spacial score (nSPS) is 17.7.